The highest BCUT2D eigenvalue weighted by Crippen LogP contribution is 2.22. The third kappa shape index (κ3) is 8.74. The SMILES string of the molecule is CCCCCCCCOc1ccc(C(=O)Oc2ccccc2C(=O)OCC(C)CC)cc1. The van der Waals surface area contributed by atoms with Crippen molar-refractivity contribution in [2.45, 2.75) is 65.7 Å². The van der Waals surface area contributed by atoms with Gasteiger partial charge in [-0.15, -0.1) is 0 Å². The zero-order valence-corrected chi connectivity index (χ0v) is 19.6. The summed E-state index contributed by atoms with van der Waals surface area (Å²) in [5.41, 5.74) is 0.628. The maximum absolute atomic E-state index is 12.6. The highest BCUT2D eigenvalue weighted by Gasteiger charge is 2.18. The Hall–Kier alpha value is -2.82. The second kappa shape index (κ2) is 14.3. The van der Waals surface area contributed by atoms with Crippen LogP contribution in [0, 0.1) is 5.92 Å². The molecule has 0 aliphatic rings. The summed E-state index contributed by atoms with van der Waals surface area (Å²) < 4.78 is 16.6. The smallest absolute Gasteiger partial charge is 0.343 e. The molecule has 5 heteroatoms. The predicted molar refractivity (Wildman–Crippen MR) is 126 cm³/mol. The minimum Gasteiger partial charge on any atom is -0.494 e. The van der Waals surface area contributed by atoms with Crippen molar-refractivity contribution >= 4 is 11.9 Å². The summed E-state index contributed by atoms with van der Waals surface area (Å²) in [4.78, 5) is 25.0. The van der Waals surface area contributed by atoms with Crippen molar-refractivity contribution in [3.8, 4) is 11.5 Å². The molecule has 0 bridgehead atoms. The number of hydrogen-bond acceptors (Lipinski definition) is 5. The van der Waals surface area contributed by atoms with E-state index in [4.69, 9.17) is 14.2 Å². The molecule has 2 aromatic rings. The topological polar surface area (TPSA) is 61.8 Å². The minimum absolute atomic E-state index is 0.190. The van der Waals surface area contributed by atoms with Crippen LogP contribution in [0.4, 0.5) is 0 Å². The fourth-order valence-corrected chi connectivity index (χ4v) is 3.06. The van der Waals surface area contributed by atoms with Crippen molar-refractivity contribution in [1.82, 2.24) is 0 Å². The molecule has 0 aliphatic heterocycles. The number of esters is 2. The molecule has 0 amide bonds. The van der Waals surface area contributed by atoms with Gasteiger partial charge in [0.2, 0.25) is 0 Å². The van der Waals surface area contributed by atoms with Crippen LogP contribution < -0.4 is 9.47 Å². The van der Waals surface area contributed by atoms with Crippen LogP contribution in [0.15, 0.2) is 48.5 Å². The van der Waals surface area contributed by atoms with E-state index in [0.717, 1.165) is 18.6 Å². The third-order valence-corrected chi connectivity index (χ3v) is 5.36. The molecule has 0 heterocycles. The summed E-state index contributed by atoms with van der Waals surface area (Å²) in [6, 6.07) is 13.5. The van der Waals surface area contributed by atoms with Gasteiger partial charge in [0.15, 0.2) is 0 Å². The summed E-state index contributed by atoms with van der Waals surface area (Å²) in [6.45, 7) is 7.27. The Balaban J connectivity index is 1.87. The Morgan fingerprint density at radius 1 is 0.844 bits per heavy atom. The lowest BCUT2D eigenvalue weighted by atomic mass is 10.1. The van der Waals surface area contributed by atoms with Gasteiger partial charge < -0.3 is 14.2 Å². The van der Waals surface area contributed by atoms with Gasteiger partial charge in [-0.05, 0) is 48.7 Å². The molecule has 1 unspecified atom stereocenters. The quantitative estimate of drug-likeness (QED) is 0.183. The van der Waals surface area contributed by atoms with Crippen molar-refractivity contribution in [3.05, 3.63) is 59.7 Å². The van der Waals surface area contributed by atoms with Gasteiger partial charge in [0.25, 0.3) is 0 Å². The Morgan fingerprint density at radius 2 is 1.53 bits per heavy atom. The van der Waals surface area contributed by atoms with Gasteiger partial charge in [0, 0.05) is 0 Å². The summed E-state index contributed by atoms with van der Waals surface area (Å²) in [6.07, 6.45) is 8.19. The molecule has 0 radical (unpaired) electrons. The molecule has 0 aromatic heterocycles. The maximum Gasteiger partial charge on any atom is 0.343 e. The Bertz CT molecular complexity index is 828. The van der Waals surface area contributed by atoms with Crippen LogP contribution >= 0.6 is 0 Å². The Labute approximate surface area is 192 Å². The lowest BCUT2D eigenvalue weighted by Gasteiger charge is -2.12. The van der Waals surface area contributed by atoms with E-state index in [2.05, 4.69) is 6.92 Å². The van der Waals surface area contributed by atoms with Gasteiger partial charge in [0.05, 0.1) is 18.8 Å². The van der Waals surface area contributed by atoms with E-state index in [1.165, 1.54) is 32.1 Å². The number of para-hydroxylation sites is 1. The normalized spacial score (nSPS) is 11.6. The number of hydrogen-bond donors (Lipinski definition) is 0. The van der Waals surface area contributed by atoms with Gasteiger partial charge in [-0.1, -0.05) is 71.4 Å². The first-order valence-corrected chi connectivity index (χ1v) is 11.8. The van der Waals surface area contributed by atoms with E-state index in [-0.39, 0.29) is 17.2 Å². The summed E-state index contributed by atoms with van der Waals surface area (Å²) in [7, 11) is 0. The van der Waals surface area contributed by atoms with Crippen LogP contribution in [-0.4, -0.2) is 25.2 Å². The average Bonchev–Trinajstić information content (AvgIpc) is 2.82. The third-order valence-electron chi connectivity index (χ3n) is 5.36. The molecule has 174 valence electrons. The molecular formula is C27H36O5. The van der Waals surface area contributed by atoms with Gasteiger partial charge in [-0.25, -0.2) is 9.59 Å². The predicted octanol–water partition coefficient (Wildman–Crippen LogP) is 6.85. The van der Waals surface area contributed by atoms with E-state index >= 15 is 0 Å². The van der Waals surface area contributed by atoms with Gasteiger partial charge in [-0.2, -0.15) is 0 Å². The molecule has 0 saturated carbocycles. The molecule has 1 atom stereocenters. The van der Waals surface area contributed by atoms with E-state index < -0.39 is 11.9 Å². The lowest BCUT2D eigenvalue weighted by Crippen LogP contribution is -2.15. The van der Waals surface area contributed by atoms with Gasteiger partial charge >= 0.3 is 11.9 Å². The molecule has 5 nitrogen and oxygen atoms in total. The van der Waals surface area contributed by atoms with Crippen LogP contribution in [0.3, 0.4) is 0 Å². The summed E-state index contributed by atoms with van der Waals surface area (Å²) >= 11 is 0. The van der Waals surface area contributed by atoms with Crippen molar-refractivity contribution in [3.63, 3.8) is 0 Å². The van der Waals surface area contributed by atoms with Crippen molar-refractivity contribution in [2.75, 3.05) is 13.2 Å². The van der Waals surface area contributed by atoms with Crippen molar-refractivity contribution in [1.29, 1.82) is 0 Å². The highest BCUT2D eigenvalue weighted by molar-refractivity contribution is 5.96. The number of carbonyl (C=O) groups is 2. The first-order valence-electron chi connectivity index (χ1n) is 11.8. The van der Waals surface area contributed by atoms with Gasteiger partial charge in [-0.3, -0.25) is 0 Å². The molecule has 0 aliphatic carbocycles. The molecule has 32 heavy (non-hydrogen) atoms. The van der Waals surface area contributed by atoms with E-state index in [0.29, 0.717) is 18.8 Å². The molecule has 0 saturated heterocycles. The highest BCUT2D eigenvalue weighted by atomic mass is 16.5. The Morgan fingerprint density at radius 3 is 2.25 bits per heavy atom. The maximum atomic E-state index is 12.6. The second-order valence-electron chi connectivity index (χ2n) is 8.14. The molecular weight excluding hydrogens is 404 g/mol. The zero-order chi connectivity index (χ0) is 23.2. The first-order chi connectivity index (χ1) is 15.5. The van der Waals surface area contributed by atoms with Gasteiger partial charge in [0.1, 0.15) is 17.1 Å². The minimum atomic E-state index is -0.533. The summed E-state index contributed by atoms with van der Waals surface area (Å²) in [5, 5.41) is 0. The fraction of sp³-hybridized carbons (Fsp3) is 0.481. The monoisotopic (exact) mass is 440 g/mol. The fourth-order valence-electron chi connectivity index (χ4n) is 3.06. The van der Waals surface area contributed by atoms with Crippen LogP contribution in [0.25, 0.3) is 0 Å². The zero-order valence-electron chi connectivity index (χ0n) is 19.6. The van der Waals surface area contributed by atoms with Crippen LogP contribution in [0.2, 0.25) is 0 Å². The number of unbranched alkanes of at least 4 members (excludes halogenated alkanes) is 5. The summed E-state index contributed by atoms with van der Waals surface area (Å²) in [5.74, 6) is 0.163. The number of carbonyl (C=O) groups excluding carboxylic acids is 2. The number of ether oxygens (including phenoxy) is 3. The first kappa shape index (κ1) is 25.4. The van der Waals surface area contributed by atoms with E-state index in [1.54, 1.807) is 48.5 Å². The number of benzene rings is 2. The van der Waals surface area contributed by atoms with E-state index in [9.17, 15) is 9.59 Å². The molecule has 0 spiro atoms. The molecule has 2 rings (SSSR count). The molecule has 2 aromatic carbocycles. The Kier molecular flexibility index (Phi) is 11.4. The number of rotatable bonds is 14. The van der Waals surface area contributed by atoms with Crippen LogP contribution in [0.5, 0.6) is 11.5 Å². The lowest BCUT2D eigenvalue weighted by molar-refractivity contribution is 0.0442. The second-order valence-corrected chi connectivity index (χ2v) is 8.14. The molecule has 0 N–H and O–H groups in total. The van der Waals surface area contributed by atoms with Crippen LogP contribution in [0.1, 0.15) is 86.4 Å². The van der Waals surface area contributed by atoms with Crippen molar-refractivity contribution < 1.29 is 23.8 Å². The standard InChI is InChI=1S/C27H36O5/c1-4-6-7-8-9-12-19-30-23-17-15-22(16-18-23)26(28)32-25-14-11-10-13-24(25)27(29)31-20-21(3)5-2/h10-11,13-18,21H,4-9,12,19-20H2,1-3H3. The van der Waals surface area contributed by atoms with Crippen LogP contribution in [-0.2, 0) is 4.74 Å². The molecule has 0 fully saturated rings. The van der Waals surface area contributed by atoms with Crippen molar-refractivity contribution in [2.24, 2.45) is 5.92 Å². The average molecular weight is 441 g/mol. The van der Waals surface area contributed by atoms with E-state index in [1.807, 2.05) is 13.8 Å². The largest absolute Gasteiger partial charge is 0.494 e.